The number of benzene rings is 1. The largest absolute Gasteiger partial charge is 0.478 e. The molecule has 0 bridgehead atoms. The van der Waals surface area contributed by atoms with E-state index in [9.17, 15) is 9.59 Å². The fourth-order valence-corrected chi connectivity index (χ4v) is 1.26. The first-order valence-electron chi connectivity index (χ1n) is 4.95. The highest BCUT2D eigenvalue weighted by Crippen LogP contribution is 2.11. The lowest BCUT2D eigenvalue weighted by Crippen LogP contribution is -2.35. The molecule has 0 spiro atoms. The number of nitrogens with two attached hydrogens (primary N) is 1. The van der Waals surface area contributed by atoms with E-state index in [1.807, 2.05) is 0 Å². The molecule has 0 radical (unpaired) electrons. The Bertz CT molecular complexity index is 416. The van der Waals surface area contributed by atoms with E-state index < -0.39 is 18.0 Å². The summed E-state index contributed by atoms with van der Waals surface area (Å²) in [7, 11) is 1.38. The summed E-state index contributed by atoms with van der Waals surface area (Å²) in [4.78, 5) is 22.3. The Labute approximate surface area is 98.4 Å². The molecule has 1 amide bonds. The second kappa shape index (κ2) is 5.97. The van der Waals surface area contributed by atoms with Crippen molar-refractivity contribution in [3.05, 3.63) is 29.8 Å². The Morgan fingerprint density at radius 1 is 1.53 bits per heavy atom. The molecule has 1 unspecified atom stereocenters. The van der Waals surface area contributed by atoms with Gasteiger partial charge < -0.3 is 20.9 Å². The zero-order valence-corrected chi connectivity index (χ0v) is 9.34. The molecule has 17 heavy (non-hydrogen) atoms. The summed E-state index contributed by atoms with van der Waals surface area (Å²) in [6.45, 7) is 0.0565. The van der Waals surface area contributed by atoms with Gasteiger partial charge in [-0.05, 0) is 18.2 Å². The van der Waals surface area contributed by atoms with Crippen LogP contribution in [0.4, 0.5) is 5.69 Å². The van der Waals surface area contributed by atoms with Crippen LogP contribution >= 0.6 is 0 Å². The molecule has 4 N–H and O–H groups in total. The smallest absolute Gasteiger partial charge is 0.335 e. The maximum Gasteiger partial charge on any atom is 0.335 e. The first-order valence-corrected chi connectivity index (χ1v) is 4.95. The molecule has 92 valence electrons. The molecule has 1 rings (SSSR count). The number of hydrogen-bond acceptors (Lipinski definition) is 4. The number of rotatable bonds is 5. The predicted molar refractivity (Wildman–Crippen MR) is 61.9 cm³/mol. The van der Waals surface area contributed by atoms with Crippen molar-refractivity contribution >= 4 is 17.6 Å². The molecule has 6 heteroatoms. The van der Waals surface area contributed by atoms with E-state index in [0.717, 1.165) is 0 Å². The molecule has 0 fully saturated rings. The Morgan fingerprint density at radius 3 is 2.76 bits per heavy atom. The Kier molecular flexibility index (Phi) is 4.62. The molecule has 0 saturated heterocycles. The number of carbonyl (C=O) groups is 2. The minimum absolute atomic E-state index is 0.0565. The highest BCUT2D eigenvalue weighted by Gasteiger charge is 2.16. The Morgan fingerprint density at radius 2 is 2.24 bits per heavy atom. The van der Waals surface area contributed by atoms with Crippen molar-refractivity contribution < 1.29 is 19.4 Å². The standard InChI is InChI=1S/C11H14N2O4/c1-17-9(6-12)10(14)13-8-4-2-3-7(5-8)11(15)16/h2-5,9H,6,12H2,1H3,(H,13,14)(H,15,16). The third kappa shape index (κ3) is 3.54. The molecule has 1 aromatic rings. The monoisotopic (exact) mass is 238 g/mol. The van der Waals surface area contributed by atoms with Gasteiger partial charge in [-0.25, -0.2) is 4.79 Å². The molecule has 1 atom stereocenters. The van der Waals surface area contributed by atoms with Crippen molar-refractivity contribution in [3.63, 3.8) is 0 Å². The third-order valence-corrected chi connectivity index (χ3v) is 2.17. The van der Waals surface area contributed by atoms with Gasteiger partial charge in [0.05, 0.1) is 5.56 Å². The molecule has 6 nitrogen and oxygen atoms in total. The number of amides is 1. The molecule has 0 aliphatic carbocycles. The van der Waals surface area contributed by atoms with Crippen LogP contribution < -0.4 is 11.1 Å². The van der Waals surface area contributed by atoms with Crippen LogP contribution in [-0.4, -0.2) is 36.7 Å². The van der Waals surface area contributed by atoms with Crippen molar-refractivity contribution in [1.29, 1.82) is 0 Å². The quantitative estimate of drug-likeness (QED) is 0.684. The average molecular weight is 238 g/mol. The first kappa shape index (κ1) is 13.1. The summed E-state index contributed by atoms with van der Waals surface area (Å²) < 4.78 is 4.86. The number of ether oxygens (including phenoxy) is 1. The van der Waals surface area contributed by atoms with Crippen LogP contribution in [0.5, 0.6) is 0 Å². The first-order chi connectivity index (χ1) is 8.08. The average Bonchev–Trinajstić information content (AvgIpc) is 2.30. The number of hydrogen-bond donors (Lipinski definition) is 3. The van der Waals surface area contributed by atoms with Gasteiger partial charge in [-0.1, -0.05) is 6.07 Å². The van der Waals surface area contributed by atoms with Crippen molar-refractivity contribution in [1.82, 2.24) is 0 Å². The molecule has 0 heterocycles. The summed E-state index contributed by atoms with van der Waals surface area (Å²) in [5.41, 5.74) is 5.83. The lowest BCUT2D eigenvalue weighted by atomic mass is 10.2. The SMILES string of the molecule is COC(CN)C(=O)Nc1cccc(C(=O)O)c1. The van der Waals surface area contributed by atoms with Gasteiger partial charge in [0.15, 0.2) is 0 Å². The summed E-state index contributed by atoms with van der Waals surface area (Å²) in [6, 6.07) is 5.94. The number of carbonyl (C=O) groups excluding carboxylic acids is 1. The summed E-state index contributed by atoms with van der Waals surface area (Å²) in [6.07, 6.45) is -0.747. The summed E-state index contributed by atoms with van der Waals surface area (Å²) in [5, 5.41) is 11.3. The van der Waals surface area contributed by atoms with Gasteiger partial charge in [-0.2, -0.15) is 0 Å². The number of aromatic carboxylic acids is 1. The van der Waals surface area contributed by atoms with Crippen molar-refractivity contribution in [2.45, 2.75) is 6.10 Å². The lowest BCUT2D eigenvalue weighted by molar-refractivity contribution is -0.125. The van der Waals surface area contributed by atoms with Gasteiger partial charge in [0.2, 0.25) is 0 Å². The number of carboxylic acid groups (broad SMARTS) is 1. The summed E-state index contributed by atoms with van der Waals surface area (Å²) >= 11 is 0. The molecule has 0 aliphatic rings. The molecule has 0 saturated carbocycles. The maximum atomic E-state index is 11.6. The van der Waals surface area contributed by atoms with Crippen molar-refractivity contribution in [3.8, 4) is 0 Å². The fraction of sp³-hybridized carbons (Fsp3) is 0.273. The molecule has 0 aromatic heterocycles. The normalized spacial score (nSPS) is 11.9. The van der Waals surface area contributed by atoms with Crippen LogP contribution in [0.25, 0.3) is 0 Å². The van der Waals surface area contributed by atoms with Crippen LogP contribution in [0.3, 0.4) is 0 Å². The molecule has 1 aromatic carbocycles. The van der Waals surface area contributed by atoms with Crippen LogP contribution in [-0.2, 0) is 9.53 Å². The minimum Gasteiger partial charge on any atom is -0.478 e. The second-order valence-electron chi connectivity index (χ2n) is 3.34. The fourth-order valence-electron chi connectivity index (χ4n) is 1.26. The third-order valence-electron chi connectivity index (χ3n) is 2.17. The Hall–Kier alpha value is -1.92. The van der Waals surface area contributed by atoms with Crippen molar-refractivity contribution in [2.75, 3.05) is 19.0 Å². The maximum absolute atomic E-state index is 11.6. The molecular formula is C11H14N2O4. The highest BCUT2D eigenvalue weighted by atomic mass is 16.5. The zero-order valence-electron chi connectivity index (χ0n) is 9.34. The summed E-state index contributed by atoms with van der Waals surface area (Å²) in [5.74, 6) is -1.46. The van der Waals surface area contributed by atoms with Crippen LogP contribution in [0, 0.1) is 0 Å². The van der Waals surface area contributed by atoms with E-state index in [0.29, 0.717) is 5.69 Å². The minimum atomic E-state index is -1.05. The topological polar surface area (TPSA) is 102 Å². The Balaban J connectivity index is 2.78. The number of carboxylic acids is 1. The van der Waals surface area contributed by atoms with E-state index in [4.69, 9.17) is 15.6 Å². The van der Waals surface area contributed by atoms with Crippen molar-refractivity contribution in [2.24, 2.45) is 5.73 Å². The van der Waals surface area contributed by atoms with Gasteiger partial charge in [0.25, 0.3) is 5.91 Å². The zero-order chi connectivity index (χ0) is 12.8. The highest BCUT2D eigenvalue weighted by molar-refractivity contribution is 5.96. The lowest BCUT2D eigenvalue weighted by Gasteiger charge is -2.13. The van der Waals surface area contributed by atoms with E-state index in [1.54, 1.807) is 12.1 Å². The number of nitrogens with one attached hydrogen (secondary N) is 1. The van der Waals surface area contributed by atoms with E-state index >= 15 is 0 Å². The number of methoxy groups -OCH3 is 1. The molecule has 0 aliphatic heterocycles. The molecular weight excluding hydrogens is 224 g/mol. The van der Waals surface area contributed by atoms with Gasteiger partial charge >= 0.3 is 5.97 Å². The van der Waals surface area contributed by atoms with E-state index in [1.165, 1.54) is 19.2 Å². The van der Waals surface area contributed by atoms with Gasteiger partial charge in [-0.15, -0.1) is 0 Å². The van der Waals surface area contributed by atoms with Gasteiger partial charge in [-0.3, -0.25) is 4.79 Å². The van der Waals surface area contributed by atoms with Gasteiger partial charge in [0.1, 0.15) is 6.10 Å². The van der Waals surface area contributed by atoms with Crippen LogP contribution in [0.15, 0.2) is 24.3 Å². The second-order valence-corrected chi connectivity index (χ2v) is 3.34. The van der Waals surface area contributed by atoms with Gasteiger partial charge in [0, 0.05) is 19.3 Å². The van der Waals surface area contributed by atoms with Crippen LogP contribution in [0.1, 0.15) is 10.4 Å². The van der Waals surface area contributed by atoms with E-state index in [2.05, 4.69) is 5.32 Å². The number of anilines is 1. The predicted octanol–water partition coefficient (Wildman–Crippen LogP) is 0.297. The van der Waals surface area contributed by atoms with E-state index in [-0.39, 0.29) is 12.1 Å². The van der Waals surface area contributed by atoms with Crippen LogP contribution in [0.2, 0.25) is 0 Å².